The fourth-order valence-electron chi connectivity index (χ4n) is 4.92. The maximum atomic E-state index is 14.0. The van der Waals surface area contributed by atoms with E-state index in [4.69, 9.17) is 4.74 Å². The lowest BCUT2D eigenvalue weighted by molar-refractivity contribution is -0.134. The largest absolute Gasteiger partial charge is 0.491 e. The first-order valence-corrected chi connectivity index (χ1v) is 11.6. The lowest BCUT2D eigenvalue weighted by atomic mass is 9.73. The smallest absolute Gasteiger partial charge is 0.226 e. The molecule has 1 saturated heterocycles. The topological polar surface area (TPSA) is 41.6 Å². The van der Waals surface area contributed by atoms with Crippen LogP contribution in [0.25, 0.3) is 0 Å². The van der Waals surface area contributed by atoms with Crippen LogP contribution in [0, 0.1) is 11.2 Å². The number of piperidine rings is 1. The average Bonchev–Trinajstić information content (AvgIpc) is 2.80. The van der Waals surface area contributed by atoms with E-state index in [0.29, 0.717) is 19.7 Å². The van der Waals surface area contributed by atoms with Crippen molar-refractivity contribution in [2.75, 3.05) is 26.2 Å². The normalized spacial score (nSPS) is 20.5. The first-order chi connectivity index (χ1) is 15.2. The van der Waals surface area contributed by atoms with E-state index < -0.39 is 0 Å². The van der Waals surface area contributed by atoms with E-state index in [0.717, 1.165) is 69.3 Å². The summed E-state index contributed by atoms with van der Waals surface area (Å²) in [5.74, 6) is 0.949. The molecule has 2 aliphatic heterocycles. The molecule has 4 rings (SSSR count). The third kappa shape index (κ3) is 5.45. The molecule has 1 spiro atoms. The van der Waals surface area contributed by atoms with Crippen LogP contribution < -0.4 is 10.1 Å². The van der Waals surface area contributed by atoms with E-state index in [1.807, 2.05) is 24.3 Å². The van der Waals surface area contributed by atoms with Gasteiger partial charge in [0.2, 0.25) is 5.91 Å². The number of nitrogens with zero attached hydrogens (tertiary/aromatic N) is 1. The van der Waals surface area contributed by atoms with Crippen LogP contribution in [-0.4, -0.2) is 37.0 Å². The molecule has 1 N–H and O–H groups in total. The van der Waals surface area contributed by atoms with Crippen molar-refractivity contribution in [3.8, 4) is 5.75 Å². The Balaban J connectivity index is 1.38. The van der Waals surface area contributed by atoms with Gasteiger partial charge in [-0.2, -0.15) is 0 Å². The Hall–Kier alpha value is -2.40. The summed E-state index contributed by atoms with van der Waals surface area (Å²) < 4.78 is 20.0. The molecule has 0 saturated carbocycles. The summed E-state index contributed by atoms with van der Waals surface area (Å²) in [4.78, 5) is 15.5. The maximum Gasteiger partial charge on any atom is 0.226 e. The lowest BCUT2D eigenvalue weighted by Gasteiger charge is -2.41. The molecule has 0 unspecified atom stereocenters. The second-order valence-electron chi connectivity index (χ2n) is 8.92. The van der Waals surface area contributed by atoms with Crippen molar-refractivity contribution in [2.24, 2.45) is 5.41 Å². The Kier molecular flexibility index (Phi) is 7.23. The van der Waals surface area contributed by atoms with Gasteiger partial charge in [-0.3, -0.25) is 9.69 Å². The molecule has 2 aromatic rings. The lowest BCUT2D eigenvalue weighted by Crippen LogP contribution is -2.49. The minimum atomic E-state index is -0.313. The number of hydrogen-bond donors (Lipinski definition) is 1. The number of amides is 1. The predicted octanol–water partition coefficient (Wildman–Crippen LogP) is 4.72. The van der Waals surface area contributed by atoms with Crippen LogP contribution >= 0.6 is 0 Å². The molecule has 2 aromatic carbocycles. The van der Waals surface area contributed by atoms with Gasteiger partial charge >= 0.3 is 0 Å². The molecule has 1 fully saturated rings. The highest BCUT2D eigenvalue weighted by Crippen LogP contribution is 2.38. The SMILES string of the molecule is O=C1NCCOc2ccccc2CCCCCC12CCN(Cc1ccccc1F)CC2. The van der Waals surface area contributed by atoms with E-state index in [2.05, 4.69) is 22.3 Å². The highest BCUT2D eigenvalue weighted by molar-refractivity contribution is 5.82. The number of halogens is 1. The second-order valence-corrected chi connectivity index (χ2v) is 8.92. The zero-order chi connectivity index (χ0) is 21.5. The van der Waals surface area contributed by atoms with Gasteiger partial charge in [0, 0.05) is 12.1 Å². The Bertz CT molecular complexity index is 877. The summed E-state index contributed by atoms with van der Waals surface area (Å²) in [6, 6.07) is 15.2. The molecule has 2 heterocycles. The van der Waals surface area contributed by atoms with Crippen molar-refractivity contribution >= 4 is 5.91 Å². The molecular formula is C26H33FN2O2. The van der Waals surface area contributed by atoms with Gasteiger partial charge in [-0.15, -0.1) is 0 Å². The fourth-order valence-corrected chi connectivity index (χ4v) is 4.92. The number of carbonyl (C=O) groups excluding carboxylic acids is 1. The van der Waals surface area contributed by atoms with E-state index in [1.165, 1.54) is 11.6 Å². The standard InChI is InChI=1S/C26H33FN2O2/c27-23-11-5-3-10-22(23)20-29-17-14-26(15-18-29)13-7-1-2-8-21-9-4-6-12-24(21)31-19-16-28-25(26)30/h3-6,9-12H,1-2,7-8,13-20H2,(H,28,30). The van der Waals surface area contributed by atoms with Crippen molar-refractivity contribution in [3.63, 3.8) is 0 Å². The molecule has 0 aliphatic carbocycles. The highest BCUT2D eigenvalue weighted by Gasteiger charge is 2.40. The summed E-state index contributed by atoms with van der Waals surface area (Å²) >= 11 is 0. The second kappa shape index (κ2) is 10.3. The van der Waals surface area contributed by atoms with Gasteiger partial charge in [-0.1, -0.05) is 49.2 Å². The number of nitrogens with one attached hydrogen (secondary N) is 1. The minimum absolute atomic E-state index is 0.149. The molecule has 0 bridgehead atoms. The van der Waals surface area contributed by atoms with Gasteiger partial charge in [0.25, 0.3) is 0 Å². The zero-order valence-electron chi connectivity index (χ0n) is 18.2. The van der Waals surface area contributed by atoms with E-state index in [-0.39, 0.29) is 17.1 Å². The first-order valence-electron chi connectivity index (χ1n) is 11.6. The first kappa shape index (κ1) is 21.8. The number of likely N-dealkylation sites (tertiary alicyclic amines) is 1. The third-order valence-corrected chi connectivity index (χ3v) is 6.87. The predicted molar refractivity (Wildman–Crippen MR) is 120 cm³/mol. The number of benzene rings is 2. The van der Waals surface area contributed by atoms with Gasteiger partial charge in [-0.05, 0) is 62.9 Å². The van der Waals surface area contributed by atoms with Crippen LogP contribution in [0.5, 0.6) is 5.75 Å². The summed E-state index contributed by atoms with van der Waals surface area (Å²) in [6.07, 6.45) is 6.88. The molecule has 0 aromatic heterocycles. The number of para-hydroxylation sites is 1. The van der Waals surface area contributed by atoms with Gasteiger partial charge in [0.1, 0.15) is 18.2 Å². The van der Waals surface area contributed by atoms with Crippen LogP contribution in [0.1, 0.15) is 49.7 Å². The average molecular weight is 425 g/mol. The summed E-state index contributed by atoms with van der Waals surface area (Å²) in [5, 5.41) is 3.14. The number of ether oxygens (including phenoxy) is 1. The number of hydrogen-bond acceptors (Lipinski definition) is 3. The molecule has 4 nitrogen and oxygen atoms in total. The Labute approximate surface area is 184 Å². The van der Waals surface area contributed by atoms with Crippen molar-refractivity contribution in [2.45, 2.75) is 51.5 Å². The molecule has 0 atom stereocenters. The van der Waals surface area contributed by atoms with Gasteiger partial charge < -0.3 is 10.1 Å². The van der Waals surface area contributed by atoms with Crippen molar-refractivity contribution in [3.05, 3.63) is 65.5 Å². The van der Waals surface area contributed by atoms with E-state index in [1.54, 1.807) is 6.07 Å². The molecular weight excluding hydrogens is 391 g/mol. The van der Waals surface area contributed by atoms with Gasteiger partial charge in [-0.25, -0.2) is 4.39 Å². The monoisotopic (exact) mass is 424 g/mol. The molecule has 0 radical (unpaired) electrons. The van der Waals surface area contributed by atoms with Crippen LogP contribution in [0.4, 0.5) is 4.39 Å². The summed E-state index contributed by atoms with van der Waals surface area (Å²) in [5.41, 5.74) is 1.67. The van der Waals surface area contributed by atoms with Crippen molar-refractivity contribution < 1.29 is 13.9 Å². The van der Waals surface area contributed by atoms with Gasteiger partial charge in [0.15, 0.2) is 0 Å². The van der Waals surface area contributed by atoms with Crippen LogP contribution in [0.15, 0.2) is 48.5 Å². The number of carbonyl (C=O) groups is 1. The number of aryl methyl sites for hydroxylation is 1. The molecule has 2 aliphatic rings. The van der Waals surface area contributed by atoms with Crippen molar-refractivity contribution in [1.82, 2.24) is 10.2 Å². The van der Waals surface area contributed by atoms with Gasteiger partial charge in [0.05, 0.1) is 12.0 Å². The van der Waals surface area contributed by atoms with Crippen molar-refractivity contribution in [1.29, 1.82) is 0 Å². The zero-order valence-corrected chi connectivity index (χ0v) is 18.2. The van der Waals surface area contributed by atoms with Crippen LogP contribution in [0.3, 0.4) is 0 Å². The number of fused-ring (bicyclic) bond motifs is 1. The molecule has 166 valence electrons. The molecule has 1 amide bonds. The van der Waals surface area contributed by atoms with E-state index in [9.17, 15) is 9.18 Å². The Morgan fingerprint density at radius 2 is 1.74 bits per heavy atom. The molecule has 31 heavy (non-hydrogen) atoms. The number of rotatable bonds is 2. The molecule has 5 heteroatoms. The fraction of sp³-hybridized carbons (Fsp3) is 0.500. The minimum Gasteiger partial charge on any atom is -0.491 e. The van der Waals surface area contributed by atoms with Crippen LogP contribution in [0.2, 0.25) is 0 Å². The Morgan fingerprint density at radius 3 is 2.58 bits per heavy atom. The van der Waals surface area contributed by atoms with E-state index >= 15 is 0 Å². The highest BCUT2D eigenvalue weighted by atomic mass is 19.1. The quantitative estimate of drug-likeness (QED) is 0.759. The maximum absolute atomic E-state index is 14.0. The summed E-state index contributed by atoms with van der Waals surface area (Å²) in [6.45, 7) is 3.26. The third-order valence-electron chi connectivity index (χ3n) is 6.87. The Morgan fingerprint density at radius 1 is 0.968 bits per heavy atom. The summed E-state index contributed by atoms with van der Waals surface area (Å²) in [7, 11) is 0. The van der Waals surface area contributed by atoms with Crippen LogP contribution in [-0.2, 0) is 17.8 Å².